The molecule has 4 nitrogen and oxygen atoms in total. The molecule has 0 spiro atoms. The van der Waals surface area contributed by atoms with Gasteiger partial charge in [-0.1, -0.05) is 60.7 Å². The van der Waals surface area contributed by atoms with E-state index in [4.69, 9.17) is 5.73 Å². The van der Waals surface area contributed by atoms with Crippen LogP contribution in [0.5, 0.6) is 0 Å². The van der Waals surface area contributed by atoms with Crippen LogP contribution in [0.2, 0.25) is 0 Å². The fourth-order valence-corrected chi connectivity index (χ4v) is 4.03. The Bertz CT molecular complexity index is 1110. The zero-order valence-corrected chi connectivity index (χ0v) is 15.8. The maximum absolute atomic E-state index is 14.0. The monoisotopic (exact) mass is 388 g/mol. The zero-order chi connectivity index (χ0) is 20.4. The Morgan fingerprint density at radius 2 is 1.66 bits per heavy atom. The number of likely N-dealkylation sites (tertiary alicyclic amines) is 1. The topological polar surface area (TPSA) is 63.4 Å². The van der Waals surface area contributed by atoms with Gasteiger partial charge in [0, 0.05) is 24.6 Å². The molecule has 1 aliphatic heterocycles. The van der Waals surface area contributed by atoms with Gasteiger partial charge in [-0.25, -0.2) is 4.39 Å². The van der Waals surface area contributed by atoms with Gasteiger partial charge in [0.15, 0.2) is 0 Å². The molecule has 2 amide bonds. The number of nitrogens with two attached hydrogens (primary N) is 1. The van der Waals surface area contributed by atoms with Gasteiger partial charge in [0.05, 0.1) is 5.41 Å². The Hall–Kier alpha value is -3.47. The number of fused-ring (bicyclic) bond motifs is 1. The highest BCUT2D eigenvalue weighted by Gasteiger charge is 2.45. The van der Waals surface area contributed by atoms with Crippen LogP contribution in [0.3, 0.4) is 0 Å². The van der Waals surface area contributed by atoms with E-state index < -0.39 is 11.3 Å². The van der Waals surface area contributed by atoms with E-state index in [-0.39, 0.29) is 18.3 Å². The van der Waals surface area contributed by atoms with Crippen molar-refractivity contribution >= 4 is 28.7 Å². The number of carbonyl (C=O) groups excluding carboxylic acids is 2. The molecule has 0 radical (unpaired) electrons. The van der Waals surface area contributed by atoms with E-state index in [1.54, 1.807) is 29.2 Å². The summed E-state index contributed by atoms with van der Waals surface area (Å²) >= 11 is 0. The van der Waals surface area contributed by atoms with E-state index in [0.717, 1.165) is 16.5 Å². The van der Waals surface area contributed by atoms with Gasteiger partial charge < -0.3 is 10.6 Å². The second-order valence-electron chi connectivity index (χ2n) is 7.34. The Balaban J connectivity index is 1.57. The van der Waals surface area contributed by atoms with E-state index >= 15 is 0 Å². The number of nitrogens with zero attached hydrogens (tertiary/aromatic N) is 1. The van der Waals surface area contributed by atoms with Crippen molar-refractivity contribution in [3.63, 3.8) is 0 Å². The fourth-order valence-electron chi connectivity index (χ4n) is 4.03. The van der Waals surface area contributed by atoms with E-state index in [0.29, 0.717) is 18.4 Å². The van der Waals surface area contributed by atoms with Crippen molar-refractivity contribution in [2.45, 2.75) is 11.8 Å². The number of benzene rings is 3. The number of amides is 2. The lowest BCUT2D eigenvalue weighted by Gasteiger charge is -2.26. The van der Waals surface area contributed by atoms with Gasteiger partial charge in [-0.3, -0.25) is 9.59 Å². The molecule has 3 aromatic rings. The predicted molar refractivity (Wildman–Crippen MR) is 111 cm³/mol. The molecule has 1 saturated heterocycles. The first-order valence-electron chi connectivity index (χ1n) is 9.51. The maximum Gasteiger partial charge on any atom is 0.246 e. The molecule has 0 aliphatic carbocycles. The average Bonchev–Trinajstić information content (AvgIpc) is 3.21. The Kier molecular flexibility index (Phi) is 4.89. The molecule has 2 N–H and O–H groups in total. The van der Waals surface area contributed by atoms with Gasteiger partial charge in [0.1, 0.15) is 5.82 Å². The van der Waals surface area contributed by atoms with E-state index in [2.05, 4.69) is 0 Å². The third-order valence-corrected chi connectivity index (χ3v) is 5.69. The standard InChI is InChI=1S/C24H21FN2O2/c25-21-12-10-17(19-8-4-5-9-20(19)21)11-13-22(28)27-15-14-24(16-27,23(26)29)18-6-2-1-3-7-18/h1-13H,14-16H2,(H2,26,29)/b13-11+. The quantitative estimate of drug-likeness (QED) is 0.694. The van der Waals surface area contributed by atoms with Crippen molar-refractivity contribution in [1.82, 2.24) is 4.90 Å². The summed E-state index contributed by atoms with van der Waals surface area (Å²) in [6, 6.07) is 19.6. The highest BCUT2D eigenvalue weighted by Crippen LogP contribution is 2.34. The van der Waals surface area contributed by atoms with E-state index in [1.165, 1.54) is 12.1 Å². The summed E-state index contributed by atoms with van der Waals surface area (Å²) in [6.45, 7) is 0.699. The van der Waals surface area contributed by atoms with Crippen LogP contribution >= 0.6 is 0 Å². The molecule has 0 saturated carbocycles. The average molecular weight is 388 g/mol. The molecular formula is C24H21FN2O2. The summed E-state index contributed by atoms with van der Waals surface area (Å²) in [5.74, 6) is -0.914. The van der Waals surface area contributed by atoms with Crippen molar-refractivity contribution in [2.24, 2.45) is 5.73 Å². The first kappa shape index (κ1) is 18.9. The van der Waals surface area contributed by atoms with Crippen LogP contribution in [0.1, 0.15) is 17.5 Å². The van der Waals surface area contributed by atoms with Gasteiger partial charge in [-0.2, -0.15) is 0 Å². The molecular weight excluding hydrogens is 367 g/mol. The number of halogens is 1. The fraction of sp³-hybridized carbons (Fsp3) is 0.167. The van der Waals surface area contributed by atoms with Crippen LogP contribution in [-0.4, -0.2) is 29.8 Å². The summed E-state index contributed by atoms with van der Waals surface area (Å²) < 4.78 is 14.0. The van der Waals surface area contributed by atoms with Crippen LogP contribution in [0.25, 0.3) is 16.8 Å². The number of rotatable bonds is 4. The highest BCUT2D eigenvalue weighted by atomic mass is 19.1. The maximum atomic E-state index is 14.0. The van der Waals surface area contributed by atoms with Crippen molar-refractivity contribution in [3.05, 3.63) is 89.8 Å². The summed E-state index contributed by atoms with van der Waals surface area (Å²) in [6.07, 6.45) is 3.66. The molecule has 1 aliphatic rings. The lowest BCUT2D eigenvalue weighted by Crippen LogP contribution is -2.44. The van der Waals surface area contributed by atoms with E-state index in [9.17, 15) is 14.0 Å². The second kappa shape index (κ2) is 7.51. The molecule has 1 heterocycles. The predicted octanol–water partition coefficient (Wildman–Crippen LogP) is 3.65. The first-order chi connectivity index (χ1) is 14.0. The minimum Gasteiger partial charge on any atom is -0.369 e. The number of carbonyl (C=O) groups is 2. The van der Waals surface area contributed by atoms with E-state index in [1.807, 2.05) is 42.5 Å². The summed E-state index contributed by atoms with van der Waals surface area (Å²) in [5.41, 5.74) is 6.46. The Morgan fingerprint density at radius 1 is 0.966 bits per heavy atom. The number of primary amides is 1. The lowest BCUT2D eigenvalue weighted by molar-refractivity contribution is -0.126. The normalized spacial score (nSPS) is 19.1. The first-order valence-corrected chi connectivity index (χ1v) is 9.51. The third-order valence-electron chi connectivity index (χ3n) is 5.69. The number of hydrogen-bond donors (Lipinski definition) is 1. The van der Waals surface area contributed by atoms with Crippen molar-refractivity contribution in [2.75, 3.05) is 13.1 Å². The van der Waals surface area contributed by atoms with Gasteiger partial charge in [-0.05, 0) is 35.1 Å². The zero-order valence-electron chi connectivity index (χ0n) is 15.8. The van der Waals surface area contributed by atoms with Crippen LogP contribution in [0.4, 0.5) is 4.39 Å². The lowest BCUT2D eigenvalue weighted by atomic mass is 9.79. The van der Waals surface area contributed by atoms with Gasteiger partial charge in [-0.15, -0.1) is 0 Å². The van der Waals surface area contributed by atoms with Crippen LogP contribution in [0.15, 0.2) is 72.8 Å². The molecule has 1 fully saturated rings. The largest absolute Gasteiger partial charge is 0.369 e. The molecule has 3 aromatic carbocycles. The van der Waals surface area contributed by atoms with Crippen LogP contribution in [-0.2, 0) is 15.0 Å². The summed E-state index contributed by atoms with van der Waals surface area (Å²) in [4.78, 5) is 26.7. The highest BCUT2D eigenvalue weighted by molar-refractivity contribution is 5.98. The van der Waals surface area contributed by atoms with Gasteiger partial charge >= 0.3 is 0 Å². The van der Waals surface area contributed by atoms with Gasteiger partial charge in [0.2, 0.25) is 11.8 Å². The molecule has 1 atom stereocenters. The minimum atomic E-state index is -0.868. The van der Waals surface area contributed by atoms with Crippen molar-refractivity contribution in [1.29, 1.82) is 0 Å². The summed E-state index contributed by atoms with van der Waals surface area (Å²) in [7, 11) is 0. The molecule has 1 unspecified atom stereocenters. The molecule has 4 rings (SSSR count). The molecule has 0 bridgehead atoms. The van der Waals surface area contributed by atoms with Crippen molar-refractivity contribution in [3.8, 4) is 0 Å². The van der Waals surface area contributed by atoms with Crippen LogP contribution in [0, 0.1) is 5.82 Å². The Labute approximate surface area is 168 Å². The van der Waals surface area contributed by atoms with Crippen LogP contribution < -0.4 is 5.73 Å². The SMILES string of the molecule is NC(=O)C1(c2ccccc2)CCN(C(=O)/C=C/c2ccc(F)c3ccccc23)C1. The van der Waals surface area contributed by atoms with Crippen molar-refractivity contribution < 1.29 is 14.0 Å². The second-order valence-corrected chi connectivity index (χ2v) is 7.34. The van der Waals surface area contributed by atoms with Gasteiger partial charge in [0.25, 0.3) is 0 Å². The minimum absolute atomic E-state index is 0.197. The number of hydrogen-bond acceptors (Lipinski definition) is 2. The Morgan fingerprint density at radius 3 is 2.38 bits per heavy atom. The molecule has 146 valence electrons. The molecule has 0 aromatic heterocycles. The third kappa shape index (κ3) is 3.40. The molecule has 5 heteroatoms. The smallest absolute Gasteiger partial charge is 0.246 e. The summed E-state index contributed by atoms with van der Waals surface area (Å²) in [5, 5.41) is 1.26. The molecule has 29 heavy (non-hydrogen) atoms.